The van der Waals surface area contributed by atoms with Crippen LogP contribution in [0.2, 0.25) is 0 Å². The second-order valence-electron chi connectivity index (χ2n) is 13.7. The van der Waals surface area contributed by atoms with E-state index in [1.165, 1.54) is 22.8 Å². The van der Waals surface area contributed by atoms with E-state index >= 15 is 0 Å². The molecule has 2 aromatic carbocycles. The Morgan fingerprint density at radius 3 is 2.14 bits per heavy atom. The van der Waals surface area contributed by atoms with E-state index in [-0.39, 0.29) is 34.9 Å². The van der Waals surface area contributed by atoms with Crippen molar-refractivity contribution in [3.05, 3.63) is 75.5 Å². The molecule has 1 heterocycles. The monoisotopic (exact) mass is 608 g/mol. The van der Waals surface area contributed by atoms with Crippen LogP contribution in [0.25, 0.3) is 11.1 Å². The van der Waals surface area contributed by atoms with Crippen molar-refractivity contribution < 1.29 is 28.9 Å². The topological polar surface area (TPSA) is 110 Å². The number of rotatable bonds is 8. The van der Waals surface area contributed by atoms with E-state index in [2.05, 4.69) is 5.32 Å². The van der Waals surface area contributed by atoms with Crippen LogP contribution in [0.5, 0.6) is 17.2 Å². The van der Waals surface area contributed by atoms with E-state index in [9.17, 15) is 24.2 Å². The van der Waals surface area contributed by atoms with Gasteiger partial charge >= 0.3 is 6.09 Å². The van der Waals surface area contributed by atoms with E-state index in [1.54, 1.807) is 53.1 Å². The molecular formula is C35H45FN2O6. The Kier molecular flexibility index (Phi) is 9.49. The summed E-state index contributed by atoms with van der Waals surface area (Å²) in [6.07, 6.45) is 3.47. The first-order chi connectivity index (χ1) is 20.4. The van der Waals surface area contributed by atoms with Gasteiger partial charge in [0.2, 0.25) is 0 Å². The molecule has 4 rings (SSSR count). The van der Waals surface area contributed by atoms with Crippen molar-refractivity contribution >= 4 is 6.09 Å². The lowest BCUT2D eigenvalue weighted by atomic mass is 9.72. The number of hydrogen-bond acceptors (Lipinski definition) is 5. The molecule has 44 heavy (non-hydrogen) atoms. The highest BCUT2D eigenvalue weighted by molar-refractivity contribution is 5.76. The molecule has 0 bridgehead atoms. The molecule has 1 aromatic heterocycles. The Morgan fingerprint density at radius 1 is 0.977 bits per heavy atom. The molecule has 1 unspecified atom stereocenters. The molecule has 1 atom stereocenters. The number of carboxylic acid groups (broad SMARTS) is 1. The highest BCUT2D eigenvalue weighted by Gasteiger charge is 2.36. The van der Waals surface area contributed by atoms with Crippen LogP contribution in [0.3, 0.4) is 0 Å². The molecule has 1 aliphatic carbocycles. The Balaban J connectivity index is 1.72. The number of hydrogen-bond donors (Lipinski definition) is 3. The average molecular weight is 609 g/mol. The lowest BCUT2D eigenvalue weighted by Crippen LogP contribution is -2.49. The van der Waals surface area contributed by atoms with Crippen LogP contribution in [-0.2, 0) is 12.6 Å². The highest BCUT2D eigenvalue weighted by Crippen LogP contribution is 2.43. The number of nitrogens with one attached hydrogen (secondary N) is 1. The third kappa shape index (κ3) is 7.62. The van der Waals surface area contributed by atoms with E-state index < -0.39 is 11.7 Å². The second kappa shape index (κ2) is 12.6. The number of ether oxygens (including phenoxy) is 2. The normalized spacial score (nSPS) is 18.0. The number of benzene rings is 2. The fourth-order valence-corrected chi connectivity index (χ4v) is 6.18. The Labute approximate surface area is 258 Å². The number of aromatic nitrogens is 1. The zero-order valence-electron chi connectivity index (χ0n) is 27.0. The molecule has 1 saturated carbocycles. The maximum Gasteiger partial charge on any atom is 0.404 e. The van der Waals surface area contributed by atoms with Crippen molar-refractivity contribution in [1.82, 2.24) is 9.88 Å². The molecule has 3 N–H and O–H groups in total. The molecule has 8 nitrogen and oxygen atoms in total. The summed E-state index contributed by atoms with van der Waals surface area (Å²) in [5.74, 6) is 1.21. The fourth-order valence-electron chi connectivity index (χ4n) is 6.18. The van der Waals surface area contributed by atoms with Gasteiger partial charge in [0.15, 0.2) is 0 Å². The summed E-state index contributed by atoms with van der Waals surface area (Å²) in [6.45, 7) is 13.1. The summed E-state index contributed by atoms with van der Waals surface area (Å²) < 4.78 is 28.5. The number of amides is 1. The molecule has 1 amide bonds. The van der Waals surface area contributed by atoms with Gasteiger partial charge < -0.3 is 29.6 Å². The van der Waals surface area contributed by atoms with Gasteiger partial charge in [-0.3, -0.25) is 4.79 Å². The zero-order chi connectivity index (χ0) is 32.6. The molecule has 1 aliphatic rings. The SMILES string of the molecule is Cc1cc(F)cc(C)c1Oc1ccc(C(C)(C)O)cc1-c1cn(C)c(=O)cc1OC1CCC(C(NC(=O)O)C(C)(C)C)CC1. The lowest BCUT2D eigenvalue weighted by Gasteiger charge is -2.40. The Morgan fingerprint density at radius 2 is 1.59 bits per heavy atom. The van der Waals surface area contributed by atoms with Gasteiger partial charge in [-0.15, -0.1) is 0 Å². The van der Waals surface area contributed by atoms with E-state index in [0.29, 0.717) is 57.9 Å². The van der Waals surface area contributed by atoms with Gasteiger partial charge in [0.1, 0.15) is 23.1 Å². The van der Waals surface area contributed by atoms with Gasteiger partial charge in [0.25, 0.3) is 5.56 Å². The van der Waals surface area contributed by atoms with Crippen LogP contribution < -0.4 is 20.3 Å². The number of halogens is 1. The number of aliphatic hydroxyl groups is 1. The lowest BCUT2D eigenvalue weighted by molar-refractivity contribution is 0.0785. The van der Waals surface area contributed by atoms with E-state index in [0.717, 1.165) is 12.8 Å². The van der Waals surface area contributed by atoms with Crippen molar-refractivity contribution in [3.63, 3.8) is 0 Å². The number of aryl methyl sites for hydroxylation is 3. The van der Waals surface area contributed by atoms with Gasteiger partial charge in [0.05, 0.1) is 11.7 Å². The van der Waals surface area contributed by atoms with Crippen molar-refractivity contribution in [2.45, 2.75) is 91.9 Å². The summed E-state index contributed by atoms with van der Waals surface area (Å²) in [5.41, 5.74) is 1.54. The molecule has 0 saturated heterocycles. The fraction of sp³-hybridized carbons (Fsp3) is 0.486. The van der Waals surface area contributed by atoms with Crippen LogP contribution in [-0.4, -0.2) is 33.0 Å². The van der Waals surface area contributed by atoms with Gasteiger partial charge in [-0.1, -0.05) is 26.8 Å². The van der Waals surface area contributed by atoms with Crippen LogP contribution in [0.1, 0.15) is 77.0 Å². The maximum atomic E-state index is 14.1. The summed E-state index contributed by atoms with van der Waals surface area (Å²) in [6, 6.07) is 9.50. The molecule has 9 heteroatoms. The minimum Gasteiger partial charge on any atom is -0.490 e. The zero-order valence-corrected chi connectivity index (χ0v) is 27.0. The largest absolute Gasteiger partial charge is 0.490 e. The van der Waals surface area contributed by atoms with Gasteiger partial charge in [-0.05, 0) is 106 Å². The third-order valence-electron chi connectivity index (χ3n) is 8.50. The first kappa shape index (κ1) is 33.1. The first-order valence-corrected chi connectivity index (χ1v) is 15.1. The number of pyridine rings is 1. The van der Waals surface area contributed by atoms with Gasteiger partial charge in [-0.2, -0.15) is 0 Å². The quantitative estimate of drug-likeness (QED) is 0.245. The van der Waals surface area contributed by atoms with E-state index in [1.807, 2.05) is 26.8 Å². The first-order valence-electron chi connectivity index (χ1n) is 15.1. The van der Waals surface area contributed by atoms with Crippen LogP contribution in [0.4, 0.5) is 9.18 Å². The van der Waals surface area contributed by atoms with Crippen LogP contribution in [0, 0.1) is 31.0 Å². The Hall–Kier alpha value is -3.85. The number of carbonyl (C=O) groups is 1. The van der Waals surface area contributed by atoms with Crippen molar-refractivity contribution in [3.8, 4) is 28.4 Å². The predicted molar refractivity (Wildman–Crippen MR) is 169 cm³/mol. The van der Waals surface area contributed by atoms with Crippen molar-refractivity contribution in [1.29, 1.82) is 0 Å². The summed E-state index contributed by atoms with van der Waals surface area (Å²) >= 11 is 0. The average Bonchev–Trinajstić information content (AvgIpc) is 2.90. The molecule has 0 aliphatic heterocycles. The van der Waals surface area contributed by atoms with Crippen molar-refractivity contribution in [2.75, 3.05) is 0 Å². The highest BCUT2D eigenvalue weighted by atomic mass is 19.1. The minimum absolute atomic E-state index is 0.166. The molecular weight excluding hydrogens is 563 g/mol. The smallest absolute Gasteiger partial charge is 0.404 e. The number of nitrogens with zero attached hydrogens (tertiary/aromatic N) is 1. The summed E-state index contributed by atoms with van der Waals surface area (Å²) in [7, 11) is 1.66. The van der Waals surface area contributed by atoms with Gasteiger partial charge in [0, 0.05) is 36.5 Å². The van der Waals surface area contributed by atoms with Crippen LogP contribution >= 0.6 is 0 Å². The maximum absolute atomic E-state index is 14.1. The van der Waals surface area contributed by atoms with Crippen molar-refractivity contribution in [2.24, 2.45) is 18.4 Å². The van der Waals surface area contributed by atoms with E-state index in [4.69, 9.17) is 9.47 Å². The molecule has 3 aromatic rings. The van der Waals surface area contributed by atoms with Crippen LogP contribution in [0.15, 0.2) is 47.4 Å². The molecule has 0 spiro atoms. The minimum atomic E-state index is -1.15. The second-order valence-corrected chi connectivity index (χ2v) is 13.7. The molecule has 238 valence electrons. The molecule has 1 fully saturated rings. The Bertz CT molecular complexity index is 1550. The summed E-state index contributed by atoms with van der Waals surface area (Å²) in [5, 5.41) is 23.0. The standard InChI is InChI=1S/C35H45FN2O6/c1-20-15-24(36)16-21(2)31(20)44-28-14-11-23(35(6,7)42)17-26(28)27-19-38(8)30(39)18-29(27)43-25-12-9-22(10-13-25)32(34(3,4)5)37-33(40)41/h11,14-19,22,25,32,37,42H,9-10,12-13H2,1-8H3,(H,40,41). The predicted octanol–water partition coefficient (Wildman–Crippen LogP) is 7.45. The summed E-state index contributed by atoms with van der Waals surface area (Å²) in [4.78, 5) is 24.4. The third-order valence-corrected chi connectivity index (χ3v) is 8.50. The molecule has 0 radical (unpaired) electrons. The van der Waals surface area contributed by atoms with Gasteiger partial charge in [-0.25, -0.2) is 9.18 Å².